The van der Waals surface area contributed by atoms with Crippen LogP contribution in [0.1, 0.15) is 39.5 Å². The molecule has 2 aliphatic rings. The SMILES string of the molecule is CC1(C)CCCN(CC2CCCNC2)C1. The Morgan fingerprint density at radius 1 is 1.33 bits per heavy atom. The maximum absolute atomic E-state index is 3.52. The van der Waals surface area contributed by atoms with Crippen molar-refractivity contribution in [2.45, 2.75) is 39.5 Å². The van der Waals surface area contributed by atoms with Crippen LogP contribution in [-0.4, -0.2) is 37.6 Å². The summed E-state index contributed by atoms with van der Waals surface area (Å²) in [6.45, 7) is 11.3. The second-order valence-corrected chi connectivity index (χ2v) is 6.22. The van der Waals surface area contributed by atoms with Gasteiger partial charge in [-0.15, -0.1) is 0 Å². The number of nitrogens with zero attached hydrogens (tertiary/aromatic N) is 1. The highest BCUT2D eigenvalue weighted by atomic mass is 15.1. The van der Waals surface area contributed by atoms with Crippen LogP contribution in [0, 0.1) is 11.3 Å². The van der Waals surface area contributed by atoms with Crippen molar-refractivity contribution in [3.8, 4) is 0 Å². The first kappa shape index (κ1) is 11.4. The molecule has 0 spiro atoms. The first-order valence-electron chi connectivity index (χ1n) is 6.59. The molecule has 88 valence electrons. The summed E-state index contributed by atoms with van der Waals surface area (Å²) in [6.07, 6.45) is 5.62. The average molecular weight is 210 g/mol. The molecule has 0 saturated carbocycles. The molecule has 0 amide bonds. The third-order valence-corrected chi connectivity index (χ3v) is 3.89. The van der Waals surface area contributed by atoms with E-state index in [0.29, 0.717) is 5.41 Å². The highest BCUT2D eigenvalue weighted by molar-refractivity contribution is 4.82. The zero-order valence-corrected chi connectivity index (χ0v) is 10.4. The standard InChI is InChI=1S/C13H26N2/c1-13(2)6-4-8-15(11-13)10-12-5-3-7-14-9-12/h12,14H,3-11H2,1-2H3. The van der Waals surface area contributed by atoms with Crippen molar-refractivity contribution >= 4 is 0 Å². The number of piperidine rings is 2. The monoisotopic (exact) mass is 210 g/mol. The average Bonchev–Trinajstić information content (AvgIpc) is 2.17. The Bertz CT molecular complexity index is 195. The van der Waals surface area contributed by atoms with Crippen LogP contribution in [0.4, 0.5) is 0 Å². The number of hydrogen-bond acceptors (Lipinski definition) is 2. The van der Waals surface area contributed by atoms with E-state index in [4.69, 9.17) is 0 Å². The van der Waals surface area contributed by atoms with Crippen LogP contribution >= 0.6 is 0 Å². The molecule has 0 aromatic heterocycles. The van der Waals surface area contributed by atoms with E-state index in [9.17, 15) is 0 Å². The van der Waals surface area contributed by atoms with E-state index < -0.39 is 0 Å². The Morgan fingerprint density at radius 2 is 2.20 bits per heavy atom. The van der Waals surface area contributed by atoms with E-state index in [1.165, 1.54) is 58.4 Å². The van der Waals surface area contributed by atoms with E-state index in [1.807, 2.05) is 0 Å². The summed E-state index contributed by atoms with van der Waals surface area (Å²) in [5.41, 5.74) is 0.556. The van der Waals surface area contributed by atoms with Gasteiger partial charge >= 0.3 is 0 Å². The lowest BCUT2D eigenvalue weighted by atomic mass is 9.83. The van der Waals surface area contributed by atoms with Crippen molar-refractivity contribution in [3.63, 3.8) is 0 Å². The Morgan fingerprint density at radius 3 is 2.87 bits per heavy atom. The maximum Gasteiger partial charge on any atom is 0.00328 e. The van der Waals surface area contributed by atoms with Gasteiger partial charge < -0.3 is 10.2 Å². The van der Waals surface area contributed by atoms with Gasteiger partial charge in [0.1, 0.15) is 0 Å². The predicted molar refractivity (Wildman–Crippen MR) is 65.0 cm³/mol. The Labute approximate surface area is 94.4 Å². The third-order valence-electron chi connectivity index (χ3n) is 3.89. The normalized spacial score (nSPS) is 32.8. The Balaban J connectivity index is 1.78. The van der Waals surface area contributed by atoms with Crippen molar-refractivity contribution < 1.29 is 0 Å². The predicted octanol–water partition coefficient (Wildman–Crippen LogP) is 2.11. The number of nitrogens with one attached hydrogen (secondary N) is 1. The highest BCUT2D eigenvalue weighted by Gasteiger charge is 2.27. The van der Waals surface area contributed by atoms with E-state index >= 15 is 0 Å². The zero-order valence-electron chi connectivity index (χ0n) is 10.4. The molecule has 2 nitrogen and oxygen atoms in total. The molecule has 2 rings (SSSR count). The van der Waals surface area contributed by atoms with E-state index in [2.05, 4.69) is 24.1 Å². The molecule has 1 N–H and O–H groups in total. The van der Waals surface area contributed by atoms with Crippen LogP contribution in [0.15, 0.2) is 0 Å². The van der Waals surface area contributed by atoms with Gasteiger partial charge in [-0.25, -0.2) is 0 Å². The lowest BCUT2D eigenvalue weighted by Gasteiger charge is -2.40. The molecule has 1 atom stereocenters. The molecular formula is C13H26N2. The van der Waals surface area contributed by atoms with Crippen LogP contribution in [-0.2, 0) is 0 Å². The summed E-state index contributed by atoms with van der Waals surface area (Å²) in [6, 6.07) is 0. The van der Waals surface area contributed by atoms with Crippen LogP contribution in [0.3, 0.4) is 0 Å². The van der Waals surface area contributed by atoms with Gasteiger partial charge in [-0.1, -0.05) is 13.8 Å². The Kier molecular flexibility index (Phi) is 3.68. The van der Waals surface area contributed by atoms with Gasteiger partial charge in [0, 0.05) is 13.1 Å². The van der Waals surface area contributed by atoms with Crippen molar-refractivity contribution in [2.24, 2.45) is 11.3 Å². The molecule has 2 heteroatoms. The molecule has 2 aliphatic heterocycles. The molecule has 0 bridgehead atoms. The van der Waals surface area contributed by atoms with Crippen LogP contribution in [0.5, 0.6) is 0 Å². The largest absolute Gasteiger partial charge is 0.316 e. The van der Waals surface area contributed by atoms with Crippen molar-refractivity contribution in [1.82, 2.24) is 10.2 Å². The summed E-state index contributed by atoms with van der Waals surface area (Å²) in [7, 11) is 0. The van der Waals surface area contributed by atoms with Crippen LogP contribution in [0.25, 0.3) is 0 Å². The van der Waals surface area contributed by atoms with Gasteiger partial charge in [-0.3, -0.25) is 0 Å². The molecule has 0 aliphatic carbocycles. The minimum absolute atomic E-state index is 0.556. The maximum atomic E-state index is 3.52. The molecule has 0 radical (unpaired) electrons. The molecule has 2 saturated heterocycles. The molecule has 15 heavy (non-hydrogen) atoms. The topological polar surface area (TPSA) is 15.3 Å². The lowest BCUT2D eigenvalue weighted by Crippen LogP contribution is -2.45. The zero-order chi connectivity index (χ0) is 10.7. The summed E-state index contributed by atoms with van der Waals surface area (Å²) < 4.78 is 0. The fourth-order valence-corrected chi connectivity index (χ4v) is 3.15. The first-order chi connectivity index (χ1) is 7.16. The first-order valence-corrected chi connectivity index (χ1v) is 6.59. The van der Waals surface area contributed by atoms with Gasteiger partial charge in [-0.2, -0.15) is 0 Å². The second kappa shape index (κ2) is 4.84. The van der Waals surface area contributed by atoms with Gasteiger partial charge in [0.25, 0.3) is 0 Å². The highest BCUT2D eigenvalue weighted by Crippen LogP contribution is 2.29. The molecule has 0 aromatic carbocycles. The van der Waals surface area contributed by atoms with Crippen LogP contribution in [0.2, 0.25) is 0 Å². The summed E-state index contributed by atoms with van der Waals surface area (Å²) in [5.74, 6) is 0.910. The van der Waals surface area contributed by atoms with Crippen molar-refractivity contribution in [2.75, 3.05) is 32.7 Å². The molecule has 2 heterocycles. The lowest BCUT2D eigenvalue weighted by molar-refractivity contribution is 0.0965. The van der Waals surface area contributed by atoms with Gasteiger partial charge in [0.15, 0.2) is 0 Å². The number of likely N-dealkylation sites (tertiary alicyclic amines) is 1. The van der Waals surface area contributed by atoms with Crippen molar-refractivity contribution in [3.05, 3.63) is 0 Å². The van der Waals surface area contributed by atoms with E-state index in [0.717, 1.165) is 5.92 Å². The quantitative estimate of drug-likeness (QED) is 0.751. The van der Waals surface area contributed by atoms with Gasteiger partial charge in [-0.05, 0) is 56.7 Å². The van der Waals surface area contributed by atoms with Gasteiger partial charge in [0.05, 0.1) is 0 Å². The van der Waals surface area contributed by atoms with Crippen molar-refractivity contribution in [1.29, 1.82) is 0 Å². The minimum Gasteiger partial charge on any atom is -0.316 e. The molecule has 0 aromatic rings. The van der Waals surface area contributed by atoms with Gasteiger partial charge in [0.2, 0.25) is 0 Å². The van der Waals surface area contributed by atoms with Crippen LogP contribution < -0.4 is 5.32 Å². The summed E-state index contributed by atoms with van der Waals surface area (Å²) in [4.78, 5) is 2.70. The molecule has 1 unspecified atom stereocenters. The molecule has 2 fully saturated rings. The number of hydrogen-bond donors (Lipinski definition) is 1. The fourth-order valence-electron chi connectivity index (χ4n) is 3.15. The smallest absolute Gasteiger partial charge is 0.00328 e. The van der Waals surface area contributed by atoms with E-state index in [-0.39, 0.29) is 0 Å². The third kappa shape index (κ3) is 3.46. The number of rotatable bonds is 2. The summed E-state index contributed by atoms with van der Waals surface area (Å²) in [5, 5.41) is 3.52. The van der Waals surface area contributed by atoms with E-state index in [1.54, 1.807) is 0 Å². The second-order valence-electron chi connectivity index (χ2n) is 6.22. The fraction of sp³-hybridized carbons (Fsp3) is 1.00. The summed E-state index contributed by atoms with van der Waals surface area (Å²) >= 11 is 0. The minimum atomic E-state index is 0.556. The molecular weight excluding hydrogens is 184 g/mol. The Hall–Kier alpha value is -0.0800.